The van der Waals surface area contributed by atoms with E-state index in [-0.39, 0.29) is 5.78 Å². The molecule has 1 unspecified atom stereocenters. The first-order valence-corrected chi connectivity index (χ1v) is 10.1. The van der Waals surface area contributed by atoms with Crippen LogP contribution in [0.2, 0.25) is 0 Å². The largest absolute Gasteiger partial charge is 0.340 e. The van der Waals surface area contributed by atoms with Crippen molar-refractivity contribution in [1.29, 1.82) is 0 Å². The Bertz CT molecular complexity index is 1330. The Morgan fingerprint density at radius 2 is 1.69 bits per heavy atom. The number of H-pyrrole nitrogens is 1. The van der Waals surface area contributed by atoms with E-state index in [1.165, 1.54) is 4.57 Å². The Balaban J connectivity index is 1.87. The number of aromatic amines is 1. The molecule has 1 aliphatic heterocycles. The van der Waals surface area contributed by atoms with E-state index in [0.717, 1.165) is 15.6 Å². The number of halogens is 1. The van der Waals surface area contributed by atoms with Gasteiger partial charge in [-0.15, -0.1) is 0 Å². The van der Waals surface area contributed by atoms with E-state index < -0.39 is 17.2 Å². The van der Waals surface area contributed by atoms with Gasteiger partial charge < -0.3 is 5.32 Å². The molecule has 0 saturated heterocycles. The number of Topliss-reactive ketones (excluding diaryl/α,β-unsaturated/α-hetero) is 1. The molecule has 1 atom stereocenters. The third-order valence-electron chi connectivity index (χ3n) is 5.53. The molecule has 2 aromatic carbocycles. The van der Waals surface area contributed by atoms with Gasteiger partial charge in [0, 0.05) is 33.6 Å². The van der Waals surface area contributed by atoms with Crippen LogP contribution in [0.15, 0.2) is 68.2 Å². The van der Waals surface area contributed by atoms with Crippen LogP contribution < -0.4 is 16.6 Å². The number of carbonyl (C=O) groups is 1. The molecular weight excluding hydrogens is 434 g/mol. The van der Waals surface area contributed by atoms with E-state index >= 15 is 0 Å². The lowest BCUT2D eigenvalue weighted by molar-refractivity contribution is 0.103. The normalized spacial score (nSPS) is 16.9. The maximum absolute atomic E-state index is 13.3. The summed E-state index contributed by atoms with van der Waals surface area (Å²) in [7, 11) is 0. The first kappa shape index (κ1) is 17.9. The SMILES string of the molecule is CCn1c2c(c(=O)[nH]c1=O)C(c1ccc(Br)cc1)C1=C(N2)c2ccccc2C1=O. The minimum atomic E-state index is -0.573. The van der Waals surface area contributed by atoms with Crippen molar-refractivity contribution in [2.24, 2.45) is 0 Å². The van der Waals surface area contributed by atoms with Crippen molar-refractivity contribution in [3.8, 4) is 0 Å². The zero-order valence-electron chi connectivity index (χ0n) is 15.5. The summed E-state index contributed by atoms with van der Waals surface area (Å²) in [6.07, 6.45) is 0. The lowest BCUT2D eigenvalue weighted by atomic mass is 9.81. The number of benzene rings is 2. The molecule has 6 nitrogen and oxygen atoms in total. The molecule has 0 saturated carbocycles. The monoisotopic (exact) mass is 449 g/mol. The highest BCUT2D eigenvalue weighted by molar-refractivity contribution is 9.10. The summed E-state index contributed by atoms with van der Waals surface area (Å²) in [6.45, 7) is 2.23. The van der Waals surface area contributed by atoms with E-state index in [9.17, 15) is 14.4 Å². The van der Waals surface area contributed by atoms with Gasteiger partial charge in [0.05, 0.1) is 11.3 Å². The average Bonchev–Trinajstić information content (AvgIpc) is 3.00. The summed E-state index contributed by atoms with van der Waals surface area (Å²) in [5.74, 6) is -0.232. The molecule has 3 aromatic rings. The van der Waals surface area contributed by atoms with Crippen LogP contribution in [-0.2, 0) is 6.54 Å². The van der Waals surface area contributed by atoms with Gasteiger partial charge in [0.25, 0.3) is 5.56 Å². The molecule has 2 aliphatic rings. The number of hydrogen-bond acceptors (Lipinski definition) is 4. The van der Waals surface area contributed by atoms with Crippen molar-refractivity contribution in [3.05, 3.63) is 102 Å². The molecule has 144 valence electrons. The number of aromatic nitrogens is 2. The topological polar surface area (TPSA) is 84.0 Å². The maximum atomic E-state index is 13.3. The van der Waals surface area contributed by atoms with Crippen LogP contribution in [-0.4, -0.2) is 15.3 Å². The fraction of sp³-hybridized carbons (Fsp3) is 0.136. The molecule has 0 bridgehead atoms. The van der Waals surface area contributed by atoms with Crippen molar-refractivity contribution in [2.45, 2.75) is 19.4 Å². The van der Waals surface area contributed by atoms with Crippen molar-refractivity contribution in [3.63, 3.8) is 0 Å². The molecule has 1 aliphatic carbocycles. The van der Waals surface area contributed by atoms with Crippen LogP contribution in [0.25, 0.3) is 5.70 Å². The van der Waals surface area contributed by atoms with Gasteiger partial charge in [-0.3, -0.25) is 19.1 Å². The molecule has 0 fully saturated rings. The van der Waals surface area contributed by atoms with Crippen molar-refractivity contribution < 1.29 is 4.79 Å². The van der Waals surface area contributed by atoms with Crippen LogP contribution in [0, 0.1) is 0 Å². The predicted molar refractivity (Wildman–Crippen MR) is 114 cm³/mol. The fourth-order valence-electron chi connectivity index (χ4n) is 4.25. The maximum Gasteiger partial charge on any atom is 0.329 e. The van der Waals surface area contributed by atoms with Crippen LogP contribution >= 0.6 is 15.9 Å². The highest BCUT2D eigenvalue weighted by Crippen LogP contribution is 2.47. The average molecular weight is 450 g/mol. The Kier molecular flexibility index (Phi) is 3.96. The highest BCUT2D eigenvalue weighted by atomic mass is 79.9. The molecule has 29 heavy (non-hydrogen) atoms. The Morgan fingerprint density at radius 1 is 1.00 bits per heavy atom. The van der Waals surface area contributed by atoms with Crippen molar-refractivity contribution in [2.75, 3.05) is 5.32 Å². The standard InChI is InChI=1S/C22H16BrN3O3/c1-2-26-20-17(21(28)25-22(26)29)15(11-7-9-12(23)10-8-11)16-18(24-20)13-5-3-4-6-14(13)19(16)27/h3-10,15,24H,2H2,1H3,(H,25,28,29). The van der Waals surface area contributed by atoms with Gasteiger partial charge in [-0.05, 0) is 24.6 Å². The van der Waals surface area contributed by atoms with Crippen LogP contribution in [0.4, 0.5) is 5.82 Å². The van der Waals surface area contributed by atoms with E-state index in [0.29, 0.717) is 34.8 Å². The van der Waals surface area contributed by atoms with E-state index in [4.69, 9.17) is 0 Å². The third-order valence-corrected chi connectivity index (χ3v) is 6.06. The van der Waals surface area contributed by atoms with Crippen molar-refractivity contribution in [1.82, 2.24) is 9.55 Å². The molecule has 2 heterocycles. The predicted octanol–water partition coefficient (Wildman–Crippen LogP) is 3.48. The molecule has 2 N–H and O–H groups in total. The number of allylic oxidation sites excluding steroid dienone is 1. The van der Waals surface area contributed by atoms with E-state index in [1.54, 1.807) is 6.07 Å². The number of nitrogens with one attached hydrogen (secondary N) is 2. The zero-order valence-corrected chi connectivity index (χ0v) is 17.0. The van der Waals surface area contributed by atoms with Crippen LogP contribution in [0.3, 0.4) is 0 Å². The third kappa shape index (κ3) is 2.50. The first-order chi connectivity index (χ1) is 14.0. The number of rotatable bonds is 2. The van der Waals surface area contributed by atoms with Crippen molar-refractivity contribution >= 4 is 33.2 Å². The fourth-order valence-corrected chi connectivity index (χ4v) is 4.52. The molecular formula is C22H16BrN3O3. The molecule has 5 rings (SSSR count). The summed E-state index contributed by atoms with van der Waals surface area (Å²) in [5.41, 5.74) is 2.83. The van der Waals surface area contributed by atoms with Gasteiger partial charge in [-0.25, -0.2) is 4.79 Å². The lowest BCUT2D eigenvalue weighted by Gasteiger charge is -2.29. The molecule has 0 amide bonds. The number of hydrogen-bond donors (Lipinski definition) is 2. The van der Waals surface area contributed by atoms with Crippen LogP contribution in [0.5, 0.6) is 0 Å². The van der Waals surface area contributed by atoms with E-state index in [2.05, 4.69) is 26.2 Å². The molecule has 0 radical (unpaired) electrons. The minimum Gasteiger partial charge on any atom is -0.340 e. The molecule has 7 heteroatoms. The van der Waals surface area contributed by atoms with Gasteiger partial charge in [0.1, 0.15) is 5.82 Å². The summed E-state index contributed by atoms with van der Waals surface area (Å²) >= 11 is 3.43. The van der Waals surface area contributed by atoms with Crippen LogP contribution in [0.1, 0.15) is 39.9 Å². The zero-order chi connectivity index (χ0) is 20.3. The second-order valence-corrected chi connectivity index (χ2v) is 7.95. The second kappa shape index (κ2) is 6.42. The lowest BCUT2D eigenvalue weighted by Crippen LogP contribution is -2.38. The quantitative estimate of drug-likeness (QED) is 0.626. The Hall–Kier alpha value is -3.19. The highest BCUT2D eigenvalue weighted by Gasteiger charge is 2.42. The number of fused-ring (bicyclic) bond motifs is 3. The van der Waals surface area contributed by atoms with E-state index in [1.807, 2.05) is 49.4 Å². The minimum absolute atomic E-state index is 0.102. The summed E-state index contributed by atoms with van der Waals surface area (Å²) in [4.78, 5) is 41.1. The van der Waals surface area contributed by atoms with Gasteiger partial charge in [-0.2, -0.15) is 0 Å². The van der Waals surface area contributed by atoms with Gasteiger partial charge in [0.15, 0.2) is 5.78 Å². The van der Waals surface area contributed by atoms with Gasteiger partial charge in [-0.1, -0.05) is 52.3 Å². The number of ketones is 1. The second-order valence-electron chi connectivity index (χ2n) is 7.04. The summed E-state index contributed by atoms with van der Waals surface area (Å²) < 4.78 is 2.40. The summed E-state index contributed by atoms with van der Waals surface area (Å²) in [6, 6.07) is 14.9. The smallest absolute Gasteiger partial charge is 0.329 e. The summed E-state index contributed by atoms with van der Waals surface area (Å²) in [5, 5.41) is 3.25. The first-order valence-electron chi connectivity index (χ1n) is 9.29. The number of carbonyl (C=O) groups excluding carboxylic acids is 1. The number of anilines is 1. The molecule has 1 aromatic heterocycles. The van der Waals surface area contributed by atoms with Gasteiger partial charge in [0.2, 0.25) is 0 Å². The van der Waals surface area contributed by atoms with Gasteiger partial charge >= 0.3 is 5.69 Å². The Labute approximate surface area is 174 Å². The Morgan fingerprint density at radius 3 is 2.38 bits per heavy atom. The molecule has 0 spiro atoms. The number of nitrogens with zero attached hydrogens (tertiary/aromatic N) is 1.